The molecule has 20 N–H and O–H groups in total. The van der Waals surface area contributed by atoms with Gasteiger partial charge in [0.2, 0.25) is 0 Å². The lowest BCUT2D eigenvalue weighted by Gasteiger charge is -1.19. The maximum Gasteiger partial charge on any atom is -0.0195 e. The van der Waals surface area contributed by atoms with Gasteiger partial charge in [0, 0.05) is 0 Å². The summed E-state index contributed by atoms with van der Waals surface area (Å²) in [6.45, 7) is 0. The van der Waals surface area contributed by atoms with Gasteiger partial charge in [-0.05, 0) is 70.5 Å². The van der Waals surface area contributed by atoms with Gasteiger partial charge in [-0.1, -0.05) is 0 Å². The van der Waals surface area contributed by atoms with Crippen molar-refractivity contribution in [3.63, 3.8) is 0 Å². The number of hydrogen-bond acceptors (Lipinski definition) is 10. The molecule has 0 saturated heterocycles. The third-order valence-corrected chi connectivity index (χ3v) is 0. The molecule has 0 aromatic heterocycles. The van der Waals surface area contributed by atoms with Crippen LogP contribution in [0.5, 0.6) is 0 Å². The smallest absolute Gasteiger partial charge is 0.0195 e. The van der Waals surface area contributed by atoms with Gasteiger partial charge in [0.25, 0.3) is 0 Å². The lowest BCUT2D eigenvalue weighted by molar-refractivity contribution is 1.48. The van der Waals surface area contributed by atoms with E-state index in [4.69, 9.17) is 0 Å². The molecule has 0 aliphatic carbocycles. The van der Waals surface area contributed by atoms with Crippen LogP contribution in [0, 0.1) is 0 Å². The highest BCUT2D eigenvalue weighted by atomic mass is 35.5. The Morgan fingerprint density at radius 2 is 0.133 bits per heavy atom. The first-order valence-electron chi connectivity index (χ1n) is 5.77. The molecule has 0 aromatic rings. The first-order valence-corrected chi connectivity index (χ1v) is 5.77. The van der Waals surface area contributed by atoms with Crippen molar-refractivity contribution in [2.75, 3.05) is 70.5 Å². The zero-order valence-corrected chi connectivity index (χ0v) is 28.0. The number of rotatable bonds is 0. The number of halogens is 10. The van der Waals surface area contributed by atoms with Crippen LogP contribution in [-0.4, -0.2) is 70.5 Å². The van der Waals surface area contributed by atoms with Gasteiger partial charge in [-0.15, -0.1) is 124 Å². The van der Waals surface area contributed by atoms with Gasteiger partial charge in [-0.25, -0.2) is 0 Å². The summed E-state index contributed by atoms with van der Waals surface area (Å²) in [4.78, 5) is 0. The molecular formula is C10H60Cl10N10. The monoisotopic (exact) mass is 670 g/mol. The highest BCUT2D eigenvalue weighted by Gasteiger charge is 0.854. The van der Waals surface area contributed by atoms with Gasteiger partial charge < -0.3 is 57.3 Å². The van der Waals surface area contributed by atoms with Crippen LogP contribution >= 0.6 is 124 Å². The zero-order chi connectivity index (χ0) is 20.0. The van der Waals surface area contributed by atoms with E-state index in [-0.39, 0.29) is 124 Å². The molecule has 0 aromatic carbocycles. The Bertz CT molecular complexity index is 47.5. The van der Waals surface area contributed by atoms with Gasteiger partial charge >= 0.3 is 0 Å². The Hall–Kier alpha value is 2.50. The number of nitrogens with two attached hydrogens (primary N) is 10. The molecule has 20 heteroatoms. The minimum atomic E-state index is 0. The molecule has 0 amide bonds. The van der Waals surface area contributed by atoms with Crippen molar-refractivity contribution in [3.05, 3.63) is 0 Å². The second kappa shape index (κ2) is 4690. The summed E-state index contributed by atoms with van der Waals surface area (Å²) >= 11 is 0. The summed E-state index contributed by atoms with van der Waals surface area (Å²) in [5.74, 6) is 0. The molecule has 0 aliphatic rings. The normalized spacial score (nSPS) is 2.00. The average Bonchev–Trinajstić information content (AvgIpc) is 2.71. The van der Waals surface area contributed by atoms with E-state index in [1.165, 1.54) is 70.5 Å². The summed E-state index contributed by atoms with van der Waals surface area (Å²) in [5.41, 5.74) is 45.0. The molecule has 220 valence electrons. The molecular weight excluding hydrogens is 615 g/mol. The van der Waals surface area contributed by atoms with E-state index in [0.29, 0.717) is 0 Å². The molecule has 0 fully saturated rings. The first-order chi connectivity index (χ1) is 10.0. The van der Waals surface area contributed by atoms with Gasteiger partial charge in [0.15, 0.2) is 0 Å². The van der Waals surface area contributed by atoms with Crippen molar-refractivity contribution >= 4 is 124 Å². The molecule has 0 atom stereocenters. The van der Waals surface area contributed by atoms with Crippen LogP contribution in [0.15, 0.2) is 0 Å². The van der Waals surface area contributed by atoms with Crippen LogP contribution in [0.4, 0.5) is 0 Å². The summed E-state index contributed by atoms with van der Waals surface area (Å²) in [7, 11) is 15.0. The van der Waals surface area contributed by atoms with Crippen molar-refractivity contribution in [2.24, 2.45) is 57.3 Å². The molecule has 0 radical (unpaired) electrons. The van der Waals surface area contributed by atoms with E-state index in [9.17, 15) is 0 Å². The average molecular weight is 675 g/mol. The summed E-state index contributed by atoms with van der Waals surface area (Å²) in [5, 5.41) is 0. The van der Waals surface area contributed by atoms with Crippen molar-refractivity contribution in [3.8, 4) is 0 Å². The van der Waals surface area contributed by atoms with Crippen LogP contribution in [0.1, 0.15) is 0 Å². The Balaban J connectivity index is -0.00000000198. The van der Waals surface area contributed by atoms with E-state index in [2.05, 4.69) is 57.3 Å². The van der Waals surface area contributed by atoms with Crippen LogP contribution in [0.2, 0.25) is 0 Å². The third kappa shape index (κ3) is 4250. The van der Waals surface area contributed by atoms with Crippen LogP contribution in [0.3, 0.4) is 0 Å². The Morgan fingerprint density at radius 3 is 0.133 bits per heavy atom. The van der Waals surface area contributed by atoms with Gasteiger partial charge in [-0.3, -0.25) is 0 Å². The predicted octanol–water partition coefficient (Wildman–Crippen LogP) is -0.0330. The SMILES string of the molecule is CN.CN.CN.CN.CN.CN.CN.CN.CN.CN.Cl.Cl.Cl.Cl.Cl.Cl.Cl.Cl.Cl.Cl. The lowest BCUT2D eigenvalue weighted by atomic mass is 11.6. The fourth-order valence-electron chi connectivity index (χ4n) is 0. The highest BCUT2D eigenvalue weighted by molar-refractivity contribution is 5.86. The zero-order valence-electron chi connectivity index (χ0n) is 19.9. The van der Waals surface area contributed by atoms with E-state index in [0.717, 1.165) is 0 Å². The van der Waals surface area contributed by atoms with E-state index in [1.807, 2.05) is 0 Å². The Kier molecular flexibility index (Phi) is 32300. The minimum Gasteiger partial charge on any atom is -0.333 e. The van der Waals surface area contributed by atoms with Crippen molar-refractivity contribution in [1.82, 2.24) is 0 Å². The maximum atomic E-state index is 4.50. The van der Waals surface area contributed by atoms with Crippen molar-refractivity contribution in [1.29, 1.82) is 0 Å². The minimum absolute atomic E-state index is 0. The fraction of sp³-hybridized carbons (Fsp3) is 1.00. The van der Waals surface area contributed by atoms with Gasteiger partial charge in [0.05, 0.1) is 0 Å². The molecule has 0 heterocycles. The van der Waals surface area contributed by atoms with E-state index < -0.39 is 0 Å². The Morgan fingerprint density at radius 1 is 0.133 bits per heavy atom. The molecule has 10 nitrogen and oxygen atoms in total. The van der Waals surface area contributed by atoms with Crippen LogP contribution in [-0.2, 0) is 0 Å². The van der Waals surface area contributed by atoms with E-state index in [1.54, 1.807) is 0 Å². The maximum absolute atomic E-state index is 4.50. The summed E-state index contributed by atoms with van der Waals surface area (Å²) < 4.78 is 0. The quantitative estimate of drug-likeness (QED) is 0.164. The molecule has 0 unspecified atom stereocenters. The third-order valence-electron chi connectivity index (χ3n) is 0. The molecule has 0 bridgehead atoms. The molecule has 0 saturated carbocycles. The predicted molar refractivity (Wildman–Crippen MR) is 174 cm³/mol. The summed E-state index contributed by atoms with van der Waals surface area (Å²) in [6.07, 6.45) is 0. The second-order valence-corrected chi connectivity index (χ2v) is 0. The lowest BCUT2D eigenvalue weighted by Crippen LogP contribution is -1.69. The number of hydrogen-bond donors (Lipinski definition) is 10. The second-order valence-electron chi connectivity index (χ2n) is 0. The van der Waals surface area contributed by atoms with Crippen molar-refractivity contribution in [2.45, 2.75) is 0 Å². The van der Waals surface area contributed by atoms with Gasteiger partial charge in [-0.2, -0.15) is 0 Å². The van der Waals surface area contributed by atoms with Gasteiger partial charge in [0.1, 0.15) is 0 Å². The topological polar surface area (TPSA) is 260 Å². The van der Waals surface area contributed by atoms with Crippen LogP contribution in [0.25, 0.3) is 0 Å². The van der Waals surface area contributed by atoms with Crippen LogP contribution < -0.4 is 57.3 Å². The molecule has 0 spiro atoms. The molecule has 0 aliphatic heterocycles. The van der Waals surface area contributed by atoms with Crippen molar-refractivity contribution < 1.29 is 0 Å². The largest absolute Gasteiger partial charge is 0.333 e. The highest BCUT2D eigenvalue weighted by Crippen LogP contribution is 0.699. The first kappa shape index (κ1) is 206. The Labute approximate surface area is 250 Å². The standard InChI is InChI=1S/10CH5N.10ClH/c10*1-2;;;;;;;;;;/h10*2H2,1H3;10*1H. The molecule has 30 heavy (non-hydrogen) atoms. The summed E-state index contributed by atoms with van der Waals surface area (Å²) in [6, 6.07) is 0. The van der Waals surface area contributed by atoms with E-state index >= 15 is 0 Å². The fourth-order valence-corrected chi connectivity index (χ4v) is 0. The molecule has 0 rings (SSSR count).